The molecule has 0 spiro atoms. The van der Waals surface area contributed by atoms with Crippen LogP contribution in [-0.2, 0) is 4.79 Å². The minimum Gasteiger partial charge on any atom is -0.324 e. The highest BCUT2D eigenvalue weighted by atomic mass is 32.1. The van der Waals surface area contributed by atoms with Crippen LogP contribution in [0.25, 0.3) is 55.3 Å². The molecule has 0 atom stereocenters. The molecule has 1 fully saturated rings. The normalized spacial score (nSPS) is 14.2. The molecule has 1 aliphatic carbocycles. The van der Waals surface area contributed by atoms with Crippen molar-refractivity contribution >= 4 is 45.0 Å². The van der Waals surface area contributed by atoms with Gasteiger partial charge in [0.15, 0.2) is 17.3 Å². The fraction of sp³-hybridized carbons (Fsp3) is 0.241. The van der Waals surface area contributed by atoms with Gasteiger partial charge in [0, 0.05) is 39.2 Å². The molecule has 6 aromatic heterocycles. The smallest absolute Gasteiger partial charge is 0.227 e. The Morgan fingerprint density at radius 3 is 2.77 bits per heavy atom. The molecule has 200 valence electrons. The van der Waals surface area contributed by atoms with Crippen LogP contribution in [0.5, 0.6) is 0 Å². The average Bonchev–Trinajstić information content (AvgIpc) is 3.72. The molecule has 1 saturated carbocycles. The Bertz CT molecular complexity index is 1880. The zero-order valence-electron chi connectivity index (χ0n) is 21.7. The summed E-state index contributed by atoms with van der Waals surface area (Å²) in [5.74, 6) is -0.173. The van der Waals surface area contributed by atoms with E-state index in [0.717, 1.165) is 36.1 Å². The number of imidazole rings is 1. The summed E-state index contributed by atoms with van der Waals surface area (Å²) in [5, 5.41) is 10.5. The molecule has 6 aromatic rings. The number of amides is 1. The second-order valence-corrected chi connectivity index (χ2v) is 11.4. The molecule has 6 heterocycles. The van der Waals surface area contributed by atoms with Crippen molar-refractivity contribution in [2.45, 2.75) is 39.0 Å². The first kappa shape index (κ1) is 24.5. The Hall–Kier alpha value is -4.51. The van der Waals surface area contributed by atoms with Crippen molar-refractivity contribution in [3.05, 3.63) is 59.7 Å². The Kier molecular flexibility index (Phi) is 6.07. The summed E-state index contributed by atoms with van der Waals surface area (Å²) >= 11 is 1.68. The van der Waals surface area contributed by atoms with Crippen molar-refractivity contribution in [1.29, 1.82) is 0 Å². The number of anilines is 1. The lowest BCUT2D eigenvalue weighted by Crippen LogP contribution is -2.24. The molecule has 1 amide bonds. The molecule has 0 aliphatic heterocycles. The lowest BCUT2D eigenvalue weighted by atomic mass is 9.88. The number of H-pyrrole nitrogens is 2. The topological polar surface area (TPSA) is 125 Å². The number of thiophene rings is 1. The fourth-order valence-corrected chi connectivity index (χ4v) is 6.29. The first-order valence-corrected chi connectivity index (χ1v) is 14.1. The largest absolute Gasteiger partial charge is 0.324 e. The minimum atomic E-state index is -0.554. The van der Waals surface area contributed by atoms with Gasteiger partial charge in [-0.15, -0.1) is 11.3 Å². The highest BCUT2D eigenvalue weighted by Gasteiger charge is 2.23. The number of nitrogens with one attached hydrogen (secondary N) is 3. The van der Waals surface area contributed by atoms with Crippen molar-refractivity contribution < 1.29 is 9.18 Å². The van der Waals surface area contributed by atoms with E-state index in [-0.39, 0.29) is 22.9 Å². The molecule has 9 nitrogen and oxygen atoms in total. The van der Waals surface area contributed by atoms with Gasteiger partial charge in [0.1, 0.15) is 16.9 Å². The van der Waals surface area contributed by atoms with Crippen molar-refractivity contribution in [2.75, 3.05) is 5.32 Å². The zero-order chi connectivity index (χ0) is 27.2. The van der Waals surface area contributed by atoms with Gasteiger partial charge >= 0.3 is 0 Å². The van der Waals surface area contributed by atoms with Crippen LogP contribution in [0.15, 0.2) is 49.1 Å². The Balaban J connectivity index is 1.26. The third-order valence-corrected chi connectivity index (χ3v) is 8.45. The first-order chi connectivity index (χ1) is 19.5. The summed E-state index contributed by atoms with van der Waals surface area (Å²) in [5.41, 5.74) is 4.08. The number of fused-ring (bicyclic) bond motifs is 2. The number of hydrogen-bond donors (Lipinski definition) is 3. The molecule has 3 N–H and O–H groups in total. The van der Waals surface area contributed by atoms with E-state index in [4.69, 9.17) is 4.98 Å². The molecule has 0 bridgehead atoms. The zero-order valence-corrected chi connectivity index (χ0v) is 22.5. The Morgan fingerprint density at radius 1 is 1.07 bits per heavy atom. The summed E-state index contributed by atoms with van der Waals surface area (Å²) in [7, 11) is 0. The second kappa shape index (κ2) is 9.91. The van der Waals surface area contributed by atoms with Crippen molar-refractivity contribution in [2.24, 2.45) is 5.92 Å². The predicted octanol–water partition coefficient (Wildman–Crippen LogP) is 6.65. The molecule has 1 aliphatic rings. The van der Waals surface area contributed by atoms with Crippen molar-refractivity contribution in [1.82, 2.24) is 35.1 Å². The monoisotopic (exact) mass is 552 g/mol. The van der Waals surface area contributed by atoms with Gasteiger partial charge in [-0.1, -0.05) is 19.3 Å². The molecule has 0 unspecified atom stereocenters. The van der Waals surface area contributed by atoms with Crippen LogP contribution in [0, 0.1) is 18.7 Å². The molecule has 40 heavy (non-hydrogen) atoms. The maximum Gasteiger partial charge on any atom is 0.227 e. The van der Waals surface area contributed by atoms with Crippen LogP contribution in [0.2, 0.25) is 0 Å². The number of pyridine rings is 3. The van der Waals surface area contributed by atoms with Crippen LogP contribution in [0.1, 0.15) is 37.0 Å². The lowest BCUT2D eigenvalue weighted by molar-refractivity contribution is -0.120. The highest BCUT2D eigenvalue weighted by Crippen LogP contribution is 2.36. The van der Waals surface area contributed by atoms with E-state index >= 15 is 4.39 Å². The van der Waals surface area contributed by atoms with Gasteiger partial charge < -0.3 is 10.3 Å². The van der Waals surface area contributed by atoms with Crippen LogP contribution < -0.4 is 5.32 Å². The van der Waals surface area contributed by atoms with E-state index < -0.39 is 5.82 Å². The van der Waals surface area contributed by atoms with Crippen LogP contribution in [0.4, 0.5) is 10.1 Å². The predicted molar refractivity (Wildman–Crippen MR) is 153 cm³/mol. The Morgan fingerprint density at radius 2 is 1.95 bits per heavy atom. The number of aromatic nitrogens is 7. The van der Waals surface area contributed by atoms with Gasteiger partial charge in [0.05, 0.1) is 29.0 Å². The number of carbonyl (C=O) groups is 1. The summed E-state index contributed by atoms with van der Waals surface area (Å²) < 4.78 is 16.1. The second-order valence-electron chi connectivity index (χ2n) is 10.1. The molecular weight excluding hydrogens is 527 g/mol. The Labute approximate surface area is 232 Å². The maximum absolute atomic E-state index is 16.1. The van der Waals surface area contributed by atoms with Crippen LogP contribution in [0.3, 0.4) is 0 Å². The summed E-state index contributed by atoms with van der Waals surface area (Å²) in [6.07, 6.45) is 11.5. The third kappa shape index (κ3) is 4.32. The van der Waals surface area contributed by atoms with Gasteiger partial charge in [-0.25, -0.2) is 14.4 Å². The molecule has 11 heteroatoms. The molecule has 0 saturated heterocycles. The fourth-order valence-electron chi connectivity index (χ4n) is 5.40. The first-order valence-electron chi connectivity index (χ1n) is 13.3. The van der Waals surface area contributed by atoms with Gasteiger partial charge in [-0.3, -0.25) is 19.9 Å². The summed E-state index contributed by atoms with van der Waals surface area (Å²) in [6.45, 7) is 2.06. The van der Waals surface area contributed by atoms with Crippen molar-refractivity contribution in [3.8, 4) is 33.2 Å². The average molecular weight is 553 g/mol. The quantitative estimate of drug-likeness (QED) is 0.220. The lowest BCUT2D eigenvalue weighted by Gasteiger charge is -2.20. The number of carbonyl (C=O) groups excluding carboxylic acids is 1. The number of aromatic amines is 2. The minimum absolute atomic E-state index is 0.000222. The SMILES string of the molecule is Cc1ccc(-c2ccnc3[nH]c(-c4n[nH]c5cnc(-c6cncc(NC(=O)C7CCCCC7)c6)c(F)c45)nc23)s1. The third-order valence-electron chi connectivity index (χ3n) is 7.41. The van der Waals surface area contributed by atoms with E-state index in [1.54, 1.807) is 29.8 Å². The molecule has 7 rings (SSSR count). The van der Waals surface area contributed by atoms with E-state index in [1.807, 2.05) is 6.07 Å². The summed E-state index contributed by atoms with van der Waals surface area (Å²) in [4.78, 5) is 36.1. The standard InChI is InChI=1S/C29H25FN8OS/c1-15-7-8-21(40-15)19-9-10-32-27-25(19)35-28(36-27)26-22-20(37-38-26)14-33-24(23(22)30)17-11-18(13-31-12-17)34-29(39)16-5-3-2-4-6-16/h7-14,16H,2-6H2,1H3,(H,34,39)(H,37,38)(H,32,35,36). The van der Waals surface area contributed by atoms with E-state index in [0.29, 0.717) is 39.4 Å². The maximum atomic E-state index is 16.1. The number of rotatable bonds is 5. The molecule has 0 radical (unpaired) electrons. The van der Waals surface area contributed by atoms with Gasteiger partial charge in [-0.2, -0.15) is 5.10 Å². The van der Waals surface area contributed by atoms with E-state index in [1.165, 1.54) is 23.7 Å². The molecule has 0 aromatic carbocycles. The van der Waals surface area contributed by atoms with Gasteiger partial charge in [0.2, 0.25) is 5.91 Å². The number of nitrogens with zero attached hydrogens (tertiary/aromatic N) is 5. The number of aryl methyl sites for hydroxylation is 1. The van der Waals surface area contributed by atoms with Gasteiger partial charge in [0.25, 0.3) is 0 Å². The summed E-state index contributed by atoms with van der Waals surface area (Å²) in [6, 6.07) is 7.75. The van der Waals surface area contributed by atoms with Crippen LogP contribution >= 0.6 is 11.3 Å². The van der Waals surface area contributed by atoms with Crippen molar-refractivity contribution in [3.63, 3.8) is 0 Å². The van der Waals surface area contributed by atoms with Crippen LogP contribution in [-0.4, -0.2) is 41.0 Å². The number of hydrogen-bond acceptors (Lipinski definition) is 7. The highest BCUT2D eigenvalue weighted by molar-refractivity contribution is 7.15. The number of halogens is 1. The van der Waals surface area contributed by atoms with E-state index in [2.05, 4.69) is 54.5 Å². The van der Waals surface area contributed by atoms with Gasteiger partial charge in [-0.05, 0) is 44.0 Å². The van der Waals surface area contributed by atoms with E-state index in [9.17, 15) is 4.79 Å². The molecular formula is C29H25FN8OS.